The van der Waals surface area contributed by atoms with Gasteiger partial charge in [0.25, 0.3) is 0 Å². The van der Waals surface area contributed by atoms with Crippen molar-refractivity contribution in [3.8, 4) is 23.0 Å². The van der Waals surface area contributed by atoms with Crippen molar-refractivity contribution < 1.29 is 29.6 Å². The van der Waals surface area contributed by atoms with Gasteiger partial charge in [-0.25, -0.2) is 0 Å². The van der Waals surface area contributed by atoms with Crippen LogP contribution >= 0.6 is 0 Å². The highest BCUT2D eigenvalue weighted by Gasteiger charge is 2.35. The Labute approximate surface area is 172 Å². The van der Waals surface area contributed by atoms with E-state index in [4.69, 9.17) is 9.47 Å². The zero-order chi connectivity index (χ0) is 21.0. The molecule has 0 unspecified atom stereocenters. The Morgan fingerprint density at radius 2 is 2.03 bits per heavy atom. The summed E-state index contributed by atoms with van der Waals surface area (Å²) in [6.45, 7) is 0.446. The van der Waals surface area contributed by atoms with Gasteiger partial charge in [0, 0.05) is 40.8 Å². The largest absolute Gasteiger partial charge is 0.508 e. The Hall–Kier alpha value is -3.45. The second kappa shape index (κ2) is 6.81. The number of carbonyl (C=O) groups excluding carboxylic acids is 1. The van der Waals surface area contributed by atoms with E-state index in [0.717, 1.165) is 41.1 Å². The summed E-state index contributed by atoms with van der Waals surface area (Å²) in [7, 11) is 1.60. The van der Waals surface area contributed by atoms with Crippen molar-refractivity contribution in [2.24, 2.45) is 0 Å². The molecule has 3 aromatic rings. The van der Waals surface area contributed by atoms with Crippen LogP contribution in [0.1, 0.15) is 40.4 Å². The van der Waals surface area contributed by atoms with Gasteiger partial charge >= 0.3 is 0 Å². The van der Waals surface area contributed by atoms with E-state index in [-0.39, 0.29) is 35.2 Å². The summed E-state index contributed by atoms with van der Waals surface area (Å²) >= 11 is 0. The summed E-state index contributed by atoms with van der Waals surface area (Å²) in [5, 5.41) is 30.3. The lowest BCUT2D eigenvalue weighted by atomic mass is 10.0. The number of benzene rings is 2. The Morgan fingerprint density at radius 1 is 1.23 bits per heavy atom. The van der Waals surface area contributed by atoms with Crippen LogP contribution < -0.4 is 9.47 Å². The lowest BCUT2D eigenvalue weighted by Crippen LogP contribution is -2.06. The fourth-order valence-electron chi connectivity index (χ4n) is 4.21. The number of methoxy groups -OCH3 is 1. The highest BCUT2D eigenvalue weighted by atomic mass is 16.5. The van der Waals surface area contributed by atoms with Crippen molar-refractivity contribution in [1.82, 2.24) is 4.57 Å². The molecule has 7 nitrogen and oxygen atoms in total. The van der Waals surface area contributed by atoms with E-state index in [1.165, 1.54) is 6.07 Å². The normalized spacial score (nSPS) is 16.9. The fourth-order valence-corrected chi connectivity index (χ4v) is 4.21. The van der Waals surface area contributed by atoms with E-state index in [1.54, 1.807) is 13.2 Å². The number of aromatic hydroxyl groups is 2. The Balaban J connectivity index is 1.72. The molecule has 0 atom stereocenters. The van der Waals surface area contributed by atoms with E-state index in [9.17, 15) is 20.1 Å². The quantitative estimate of drug-likeness (QED) is 0.559. The smallest absolute Gasteiger partial charge is 0.235 e. The lowest BCUT2D eigenvalue weighted by Gasteiger charge is -2.09. The summed E-state index contributed by atoms with van der Waals surface area (Å²) in [6, 6.07) is 8.17. The van der Waals surface area contributed by atoms with Crippen LogP contribution in [0, 0.1) is 0 Å². The first-order chi connectivity index (χ1) is 14.5. The maximum atomic E-state index is 12.9. The maximum Gasteiger partial charge on any atom is 0.235 e. The number of rotatable bonds is 5. The molecule has 1 aliphatic heterocycles. The third kappa shape index (κ3) is 2.81. The first-order valence-electron chi connectivity index (χ1n) is 9.83. The molecule has 1 saturated carbocycles. The first-order valence-corrected chi connectivity index (χ1v) is 9.83. The Bertz CT molecular complexity index is 1220. The number of Topliss-reactive ketones (excluding diaryl/α,β-unsaturated/α-hetero) is 1. The van der Waals surface area contributed by atoms with E-state index in [2.05, 4.69) is 4.57 Å². The molecule has 0 bridgehead atoms. The standard InChI is InChI=1S/C23H21NO6/c1-29-14-4-5-17-15(10-14)16(22(12-2-3-12)24(17)6-7-25)11-20-23(28)21-18(27)8-13(26)9-19(21)30-20/h4-5,8-12,25-27H,2-3,6-7H2,1H3/b20-11-. The number of hydrogen-bond acceptors (Lipinski definition) is 6. The highest BCUT2D eigenvalue weighted by Crippen LogP contribution is 2.47. The molecule has 0 saturated heterocycles. The summed E-state index contributed by atoms with van der Waals surface area (Å²) in [6.07, 6.45) is 3.78. The minimum Gasteiger partial charge on any atom is -0.508 e. The van der Waals surface area contributed by atoms with E-state index >= 15 is 0 Å². The number of phenolic OH excluding ortho intramolecular Hbond substituents is 2. The highest BCUT2D eigenvalue weighted by molar-refractivity contribution is 6.17. The molecule has 7 heteroatoms. The van der Waals surface area contributed by atoms with Gasteiger partial charge in [0.2, 0.25) is 5.78 Å². The van der Waals surface area contributed by atoms with Gasteiger partial charge in [-0.15, -0.1) is 0 Å². The molecule has 5 rings (SSSR count). The van der Waals surface area contributed by atoms with Gasteiger partial charge in [-0.1, -0.05) is 0 Å². The van der Waals surface area contributed by atoms with Crippen molar-refractivity contribution >= 4 is 22.8 Å². The van der Waals surface area contributed by atoms with Gasteiger partial charge in [-0.05, 0) is 43.0 Å². The van der Waals surface area contributed by atoms with E-state index in [1.807, 2.05) is 18.2 Å². The average Bonchev–Trinajstić information content (AvgIpc) is 3.45. The van der Waals surface area contributed by atoms with Crippen LogP contribution in [0.25, 0.3) is 17.0 Å². The topological polar surface area (TPSA) is 101 Å². The van der Waals surface area contributed by atoms with Gasteiger partial charge in [-0.3, -0.25) is 4.79 Å². The molecule has 154 valence electrons. The minimum absolute atomic E-state index is 0.000435. The summed E-state index contributed by atoms with van der Waals surface area (Å²) in [4.78, 5) is 12.9. The van der Waals surface area contributed by atoms with Crippen LogP contribution in [0.15, 0.2) is 36.1 Å². The predicted molar refractivity (Wildman–Crippen MR) is 110 cm³/mol. The zero-order valence-electron chi connectivity index (χ0n) is 16.4. The van der Waals surface area contributed by atoms with E-state index < -0.39 is 5.78 Å². The third-order valence-corrected chi connectivity index (χ3v) is 5.65. The second-order valence-electron chi connectivity index (χ2n) is 7.61. The summed E-state index contributed by atoms with van der Waals surface area (Å²) in [5.41, 5.74) is 2.89. The first kappa shape index (κ1) is 18.6. The van der Waals surface area contributed by atoms with Crippen LogP contribution in [0.4, 0.5) is 0 Å². The number of aliphatic hydroxyl groups excluding tert-OH is 1. The molecule has 1 fully saturated rings. The van der Waals surface area contributed by atoms with Crippen molar-refractivity contribution in [2.75, 3.05) is 13.7 Å². The van der Waals surface area contributed by atoms with Crippen molar-refractivity contribution in [3.05, 3.63) is 52.9 Å². The molecule has 1 aromatic heterocycles. The molecule has 2 heterocycles. The Kier molecular flexibility index (Phi) is 4.22. The monoisotopic (exact) mass is 407 g/mol. The molecule has 3 N–H and O–H groups in total. The molecule has 30 heavy (non-hydrogen) atoms. The number of nitrogens with zero attached hydrogens (tertiary/aromatic N) is 1. The number of phenols is 2. The number of carbonyl (C=O) groups is 1. The van der Waals surface area contributed by atoms with Crippen LogP contribution in [-0.4, -0.2) is 39.4 Å². The molecule has 0 spiro atoms. The van der Waals surface area contributed by atoms with Gasteiger partial charge in [0.05, 0.1) is 13.7 Å². The average molecular weight is 407 g/mol. The SMILES string of the molecule is COc1ccc2c(c1)c(/C=C1\Oc3cc(O)cc(O)c3C1=O)c(C1CC1)n2CCO. The molecule has 0 amide bonds. The van der Waals surface area contributed by atoms with Crippen LogP contribution in [0.2, 0.25) is 0 Å². The van der Waals surface area contributed by atoms with Gasteiger partial charge < -0.3 is 29.4 Å². The van der Waals surface area contributed by atoms with Crippen LogP contribution in [-0.2, 0) is 6.54 Å². The number of hydrogen-bond donors (Lipinski definition) is 3. The van der Waals surface area contributed by atoms with Crippen molar-refractivity contribution in [3.63, 3.8) is 0 Å². The number of aromatic nitrogens is 1. The van der Waals surface area contributed by atoms with Crippen molar-refractivity contribution in [1.29, 1.82) is 0 Å². The Morgan fingerprint density at radius 3 is 2.73 bits per heavy atom. The number of allylic oxidation sites excluding steroid dienone is 1. The second-order valence-corrected chi connectivity index (χ2v) is 7.61. The minimum atomic E-state index is -0.435. The fraction of sp³-hybridized carbons (Fsp3) is 0.261. The van der Waals surface area contributed by atoms with E-state index in [0.29, 0.717) is 18.2 Å². The molecular weight excluding hydrogens is 386 g/mol. The van der Waals surface area contributed by atoms with Crippen molar-refractivity contribution in [2.45, 2.75) is 25.3 Å². The molecular formula is C23H21NO6. The van der Waals surface area contributed by atoms with Crippen LogP contribution in [0.5, 0.6) is 23.0 Å². The zero-order valence-corrected chi connectivity index (χ0v) is 16.4. The lowest BCUT2D eigenvalue weighted by molar-refractivity contribution is 0.101. The summed E-state index contributed by atoms with van der Waals surface area (Å²) < 4.78 is 13.2. The number of aliphatic hydroxyl groups is 1. The van der Waals surface area contributed by atoms with Gasteiger partial charge in [0.15, 0.2) is 5.76 Å². The van der Waals surface area contributed by atoms with Gasteiger partial charge in [0.1, 0.15) is 28.6 Å². The summed E-state index contributed by atoms with van der Waals surface area (Å²) in [5.74, 6) is 0.323. The molecule has 2 aromatic carbocycles. The number of fused-ring (bicyclic) bond motifs is 2. The van der Waals surface area contributed by atoms with Gasteiger partial charge in [-0.2, -0.15) is 0 Å². The maximum absolute atomic E-state index is 12.9. The number of ether oxygens (including phenoxy) is 2. The molecule has 1 aliphatic carbocycles. The number of ketones is 1. The molecule has 0 radical (unpaired) electrons. The molecule has 2 aliphatic rings. The predicted octanol–water partition coefficient (Wildman–Crippen LogP) is 3.55. The van der Waals surface area contributed by atoms with Crippen LogP contribution in [0.3, 0.4) is 0 Å². The third-order valence-electron chi connectivity index (χ3n) is 5.65.